The van der Waals surface area contributed by atoms with E-state index in [4.69, 9.17) is 0 Å². The van der Waals surface area contributed by atoms with Gasteiger partial charge in [-0.1, -0.05) is 22.4 Å². The molecule has 1 atom stereocenters. The number of carbonyl (C=O) groups is 1. The molecule has 2 N–H and O–H groups in total. The number of quaternary nitrogens is 1. The smallest absolute Gasteiger partial charge is 0.282 e. The van der Waals surface area contributed by atoms with Crippen molar-refractivity contribution in [3.8, 4) is 0 Å². The van der Waals surface area contributed by atoms with Crippen LogP contribution in [0.25, 0.3) is 0 Å². The van der Waals surface area contributed by atoms with Crippen molar-refractivity contribution in [2.45, 2.75) is 45.1 Å². The minimum absolute atomic E-state index is 0.105. The largest absolute Gasteiger partial charge is 0.325 e. The van der Waals surface area contributed by atoms with Crippen LogP contribution in [-0.2, 0) is 4.79 Å². The molecular weight excluding hydrogens is 335 g/mol. The lowest BCUT2D eigenvalue weighted by Gasteiger charge is -2.27. The van der Waals surface area contributed by atoms with Crippen LogP contribution in [0.3, 0.4) is 0 Å². The molecule has 0 saturated carbocycles. The van der Waals surface area contributed by atoms with Gasteiger partial charge in [-0.3, -0.25) is 4.79 Å². The maximum Gasteiger partial charge on any atom is 0.282 e. The Labute approximate surface area is 134 Å². The SMILES string of the molecule is C[C@@H](C(=O)Nc1ccc(Br)cc1F)[NH+]1CCCCCCC1. The predicted octanol–water partition coefficient (Wildman–Crippen LogP) is 2.76. The highest BCUT2D eigenvalue weighted by atomic mass is 79.9. The summed E-state index contributed by atoms with van der Waals surface area (Å²) in [4.78, 5) is 13.6. The van der Waals surface area contributed by atoms with Gasteiger partial charge in [0.2, 0.25) is 0 Å². The van der Waals surface area contributed by atoms with Crippen molar-refractivity contribution in [1.29, 1.82) is 0 Å². The van der Waals surface area contributed by atoms with Gasteiger partial charge in [0.25, 0.3) is 5.91 Å². The van der Waals surface area contributed by atoms with Crippen LogP contribution in [0, 0.1) is 5.82 Å². The standard InChI is InChI=1S/C16H22BrFN2O/c1-12(20-9-5-3-2-4-6-10-20)16(21)19-15-8-7-13(17)11-14(15)18/h7-8,11-12H,2-6,9-10H2,1H3,(H,19,21)/p+1/t12-/m0/s1. The van der Waals surface area contributed by atoms with Crippen molar-refractivity contribution in [2.75, 3.05) is 18.4 Å². The Kier molecular flexibility index (Phi) is 6.18. The molecule has 2 rings (SSSR count). The van der Waals surface area contributed by atoms with Crippen molar-refractivity contribution in [3.63, 3.8) is 0 Å². The number of hydrogen-bond donors (Lipinski definition) is 2. The van der Waals surface area contributed by atoms with E-state index in [0.717, 1.165) is 13.1 Å². The molecule has 1 aromatic rings. The van der Waals surface area contributed by atoms with E-state index in [2.05, 4.69) is 21.2 Å². The maximum atomic E-state index is 13.8. The number of benzene rings is 1. The zero-order chi connectivity index (χ0) is 15.2. The minimum atomic E-state index is -0.410. The third-order valence-electron chi connectivity index (χ3n) is 4.19. The second-order valence-electron chi connectivity index (χ2n) is 5.76. The molecule has 1 aliphatic heterocycles. The Morgan fingerprint density at radius 2 is 1.86 bits per heavy atom. The van der Waals surface area contributed by atoms with Gasteiger partial charge in [0.05, 0.1) is 18.8 Å². The minimum Gasteiger partial charge on any atom is -0.325 e. The van der Waals surface area contributed by atoms with E-state index < -0.39 is 5.82 Å². The second-order valence-corrected chi connectivity index (χ2v) is 6.68. The van der Waals surface area contributed by atoms with Crippen molar-refractivity contribution >= 4 is 27.5 Å². The summed E-state index contributed by atoms with van der Waals surface area (Å²) in [6.07, 6.45) is 6.13. The number of rotatable bonds is 3. The van der Waals surface area contributed by atoms with Crippen LogP contribution in [0.4, 0.5) is 10.1 Å². The van der Waals surface area contributed by atoms with Crippen LogP contribution >= 0.6 is 15.9 Å². The molecule has 0 aromatic heterocycles. The average molecular weight is 358 g/mol. The highest BCUT2D eigenvalue weighted by Gasteiger charge is 2.25. The van der Waals surface area contributed by atoms with Gasteiger partial charge in [0.1, 0.15) is 5.82 Å². The molecule has 3 nitrogen and oxygen atoms in total. The molecule has 0 spiro atoms. The van der Waals surface area contributed by atoms with E-state index >= 15 is 0 Å². The molecule has 1 aromatic carbocycles. The van der Waals surface area contributed by atoms with Crippen LogP contribution < -0.4 is 10.2 Å². The Bertz CT molecular complexity index is 487. The van der Waals surface area contributed by atoms with Crippen molar-refractivity contribution in [2.24, 2.45) is 0 Å². The van der Waals surface area contributed by atoms with Gasteiger partial charge in [0.15, 0.2) is 6.04 Å². The number of carbonyl (C=O) groups excluding carboxylic acids is 1. The summed E-state index contributed by atoms with van der Waals surface area (Å²) in [5.74, 6) is -0.514. The molecule has 1 fully saturated rings. The van der Waals surface area contributed by atoms with Gasteiger partial charge in [0, 0.05) is 4.47 Å². The van der Waals surface area contributed by atoms with E-state index in [-0.39, 0.29) is 17.6 Å². The van der Waals surface area contributed by atoms with Crippen LogP contribution in [0.15, 0.2) is 22.7 Å². The molecular formula is C16H23BrFN2O+. The number of amides is 1. The third kappa shape index (κ3) is 4.78. The molecule has 21 heavy (non-hydrogen) atoms. The number of hydrogen-bond acceptors (Lipinski definition) is 1. The lowest BCUT2D eigenvalue weighted by atomic mass is 10.1. The first kappa shape index (κ1) is 16.4. The molecule has 1 saturated heterocycles. The zero-order valence-electron chi connectivity index (χ0n) is 12.4. The summed E-state index contributed by atoms with van der Waals surface area (Å²) in [6.45, 7) is 3.98. The van der Waals surface area contributed by atoms with Gasteiger partial charge in [-0.2, -0.15) is 0 Å². The molecule has 116 valence electrons. The van der Waals surface area contributed by atoms with Crippen LogP contribution in [0.2, 0.25) is 0 Å². The molecule has 1 amide bonds. The van der Waals surface area contributed by atoms with Gasteiger partial charge >= 0.3 is 0 Å². The molecule has 1 aliphatic rings. The summed E-state index contributed by atoms with van der Waals surface area (Å²) in [5.41, 5.74) is 0.251. The fraction of sp³-hybridized carbons (Fsp3) is 0.562. The Balaban J connectivity index is 1.97. The van der Waals surface area contributed by atoms with Crippen molar-refractivity contribution in [1.82, 2.24) is 0 Å². The number of likely N-dealkylation sites (tertiary alicyclic amines) is 1. The molecule has 0 radical (unpaired) electrons. The van der Waals surface area contributed by atoms with Crippen molar-refractivity contribution in [3.05, 3.63) is 28.5 Å². The first-order valence-corrected chi connectivity index (χ1v) is 8.47. The third-order valence-corrected chi connectivity index (χ3v) is 4.68. The summed E-state index contributed by atoms with van der Waals surface area (Å²) >= 11 is 3.21. The monoisotopic (exact) mass is 357 g/mol. The fourth-order valence-corrected chi connectivity index (χ4v) is 3.14. The summed E-state index contributed by atoms with van der Waals surface area (Å²) in [6, 6.07) is 4.54. The predicted molar refractivity (Wildman–Crippen MR) is 86.0 cm³/mol. The molecule has 1 heterocycles. The molecule has 0 bridgehead atoms. The number of nitrogens with one attached hydrogen (secondary N) is 2. The zero-order valence-corrected chi connectivity index (χ0v) is 14.0. The lowest BCUT2D eigenvalue weighted by molar-refractivity contribution is -0.914. The highest BCUT2D eigenvalue weighted by molar-refractivity contribution is 9.10. The van der Waals surface area contributed by atoms with Gasteiger partial charge < -0.3 is 10.2 Å². The maximum absolute atomic E-state index is 13.8. The Morgan fingerprint density at radius 3 is 2.48 bits per heavy atom. The highest BCUT2D eigenvalue weighted by Crippen LogP contribution is 2.19. The fourth-order valence-electron chi connectivity index (χ4n) is 2.81. The summed E-state index contributed by atoms with van der Waals surface area (Å²) < 4.78 is 14.5. The molecule has 0 aliphatic carbocycles. The van der Waals surface area contributed by atoms with E-state index in [1.165, 1.54) is 43.1 Å². The summed E-state index contributed by atoms with van der Waals surface area (Å²) in [7, 11) is 0. The van der Waals surface area contributed by atoms with Crippen molar-refractivity contribution < 1.29 is 14.1 Å². The van der Waals surface area contributed by atoms with Gasteiger partial charge in [-0.05, 0) is 50.8 Å². The first-order chi connectivity index (χ1) is 10.1. The lowest BCUT2D eigenvalue weighted by Crippen LogP contribution is -3.16. The molecule has 5 heteroatoms. The van der Waals surface area contributed by atoms with Gasteiger partial charge in [-0.25, -0.2) is 4.39 Å². The van der Waals surface area contributed by atoms with Crippen LogP contribution in [-0.4, -0.2) is 25.0 Å². The Hall–Kier alpha value is -0.940. The van der Waals surface area contributed by atoms with E-state index in [9.17, 15) is 9.18 Å². The topological polar surface area (TPSA) is 33.5 Å². The Morgan fingerprint density at radius 1 is 1.24 bits per heavy atom. The van der Waals surface area contributed by atoms with E-state index in [0.29, 0.717) is 4.47 Å². The first-order valence-electron chi connectivity index (χ1n) is 7.68. The van der Waals surface area contributed by atoms with E-state index in [1.54, 1.807) is 12.1 Å². The quantitative estimate of drug-likeness (QED) is 0.856. The second kappa shape index (κ2) is 7.90. The van der Waals surface area contributed by atoms with Gasteiger partial charge in [-0.15, -0.1) is 0 Å². The normalized spacial score (nSPS) is 18.6. The van der Waals surface area contributed by atoms with Crippen LogP contribution in [0.1, 0.15) is 39.0 Å². The van der Waals surface area contributed by atoms with Crippen LogP contribution in [0.5, 0.6) is 0 Å². The number of anilines is 1. The molecule has 0 unspecified atom stereocenters. The van der Waals surface area contributed by atoms with E-state index in [1.807, 2.05) is 6.92 Å². The average Bonchev–Trinajstić information content (AvgIpc) is 2.41. The number of halogens is 2. The summed E-state index contributed by atoms with van der Waals surface area (Å²) in [5, 5.41) is 2.71.